The number of aliphatic hydroxyl groups excluding tert-OH is 2. The number of hydrogen-bond acceptors (Lipinski definition) is 5. The van der Waals surface area contributed by atoms with E-state index in [0.717, 1.165) is 11.8 Å². The molecule has 2 atom stereocenters. The van der Waals surface area contributed by atoms with Crippen molar-refractivity contribution in [1.29, 1.82) is 0 Å². The van der Waals surface area contributed by atoms with E-state index in [4.69, 9.17) is 0 Å². The zero-order valence-corrected chi connectivity index (χ0v) is 12.6. The van der Waals surface area contributed by atoms with Crippen molar-refractivity contribution >= 4 is 16.9 Å². The molecule has 0 aromatic carbocycles. The van der Waals surface area contributed by atoms with Crippen molar-refractivity contribution < 1.29 is 15.0 Å². The van der Waals surface area contributed by atoms with E-state index in [2.05, 4.69) is 5.10 Å². The van der Waals surface area contributed by atoms with E-state index in [9.17, 15) is 15.0 Å². The molecule has 0 fully saturated rings. The molecular formula is C13H22N2O3S. The number of carbonyl (C=O) groups excluding carboxylic acids is 1. The molecule has 1 heterocycles. The number of rotatable bonds is 5. The molecule has 0 radical (unpaired) electrons. The Bertz CT molecular complexity index is 426. The lowest BCUT2D eigenvalue weighted by molar-refractivity contribution is -0.109. The van der Waals surface area contributed by atoms with Gasteiger partial charge in [0, 0.05) is 24.4 Å². The van der Waals surface area contributed by atoms with E-state index in [-0.39, 0.29) is 10.7 Å². The van der Waals surface area contributed by atoms with Crippen molar-refractivity contribution in [3.63, 3.8) is 0 Å². The van der Waals surface area contributed by atoms with Crippen molar-refractivity contribution in [3.05, 3.63) is 18.0 Å². The molecule has 0 spiro atoms. The maximum atomic E-state index is 10.8. The molecule has 2 unspecified atom stereocenters. The second kappa shape index (κ2) is 6.54. The van der Waals surface area contributed by atoms with Crippen LogP contribution in [-0.2, 0) is 10.3 Å². The average Bonchev–Trinajstić information content (AvgIpc) is 2.76. The highest BCUT2D eigenvalue weighted by molar-refractivity contribution is 8.13. The van der Waals surface area contributed by atoms with Gasteiger partial charge < -0.3 is 10.2 Å². The third-order valence-electron chi connectivity index (χ3n) is 2.71. The second-order valence-corrected chi connectivity index (χ2v) is 6.80. The molecule has 0 saturated heterocycles. The quantitative estimate of drug-likeness (QED) is 0.861. The summed E-state index contributed by atoms with van der Waals surface area (Å²) >= 11 is 1.15. The molecule has 1 aromatic rings. The average molecular weight is 286 g/mol. The summed E-state index contributed by atoms with van der Waals surface area (Å²) in [6, 6.07) is 0. The fourth-order valence-electron chi connectivity index (χ4n) is 1.56. The van der Waals surface area contributed by atoms with Crippen molar-refractivity contribution in [2.24, 2.45) is 0 Å². The first-order valence-corrected chi connectivity index (χ1v) is 7.25. The number of carbonyl (C=O) groups is 1. The normalized spacial score (nSPS) is 15.3. The first-order valence-electron chi connectivity index (χ1n) is 6.26. The van der Waals surface area contributed by atoms with Gasteiger partial charge in [0.2, 0.25) is 0 Å². The fraction of sp³-hybridized carbons (Fsp3) is 0.692. The summed E-state index contributed by atoms with van der Waals surface area (Å²) in [5.74, 6) is 0.501. The van der Waals surface area contributed by atoms with Crippen molar-refractivity contribution in [1.82, 2.24) is 9.78 Å². The molecule has 6 heteroatoms. The molecule has 1 aromatic heterocycles. The van der Waals surface area contributed by atoms with Gasteiger partial charge in [0.25, 0.3) is 0 Å². The van der Waals surface area contributed by atoms with Crippen LogP contribution in [0, 0.1) is 0 Å². The highest BCUT2D eigenvalue weighted by Gasteiger charge is 2.22. The number of hydrogen-bond donors (Lipinski definition) is 2. The zero-order valence-electron chi connectivity index (χ0n) is 11.8. The maximum absolute atomic E-state index is 10.8. The van der Waals surface area contributed by atoms with Gasteiger partial charge in [0.1, 0.15) is 6.10 Å². The number of thioether (sulfide) groups is 1. The van der Waals surface area contributed by atoms with Crippen LogP contribution in [0.2, 0.25) is 0 Å². The summed E-state index contributed by atoms with van der Waals surface area (Å²) in [5.41, 5.74) is 0.434. The smallest absolute Gasteiger partial charge is 0.185 e. The molecule has 0 bridgehead atoms. The third-order valence-corrected chi connectivity index (χ3v) is 3.56. The molecule has 0 aliphatic heterocycles. The van der Waals surface area contributed by atoms with Crippen molar-refractivity contribution in [2.75, 3.05) is 5.75 Å². The molecule has 5 nitrogen and oxygen atoms in total. The SMILES string of the molecule is CC(=O)SCCC(O)C(O)c1cnn(C(C)(C)C)c1. The van der Waals surface area contributed by atoms with E-state index >= 15 is 0 Å². The van der Waals surface area contributed by atoms with Crippen LogP contribution < -0.4 is 0 Å². The number of aliphatic hydroxyl groups is 2. The minimum atomic E-state index is -0.969. The van der Waals surface area contributed by atoms with Gasteiger partial charge in [-0.1, -0.05) is 11.8 Å². The van der Waals surface area contributed by atoms with E-state index in [1.54, 1.807) is 17.1 Å². The highest BCUT2D eigenvalue weighted by Crippen LogP contribution is 2.22. The summed E-state index contributed by atoms with van der Waals surface area (Å²) < 4.78 is 1.75. The van der Waals surface area contributed by atoms with Crippen molar-refractivity contribution in [3.8, 4) is 0 Å². The van der Waals surface area contributed by atoms with E-state index in [1.807, 2.05) is 20.8 Å². The zero-order chi connectivity index (χ0) is 14.6. The van der Waals surface area contributed by atoms with Gasteiger partial charge in [-0.2, -0.15) is 5.10 Å². The van der Waals surface area contributed by atoms with Gasteiger partial charge in [0.15, 0.2) is 5.12 Å². The van der Waals surface area contributed by atoms with Crippen LogP contribution >= 0.6 is 11.8 Å². The molecular weight excluding hydrogens is 264 g/mol. The Balaban J connectivity index is 2.59. The van der Waals surface area contributed by atoms with Crippen LogP contribution in [0.4, 0.5) is 0 Å². The summed E-state index contributed by atoms with van der Waals surface area (Å²) in [6.07, 6.45) is 1.82. The van der Waals surface area contributed by atoms with Crippen LogP contribution in [0.25, 0.3) is 0 Å². The molecule has 0 aliphatic rings. The lowest BCUT2D eigenvalue weighted by Gasteiger charge is -2.19. The predicted octanol–water partition coefficient (Wildman–Crippen LogP) is 1.70. The lowest BCUT2D eigenvalue weighted by atomic mass is 10.1. The van der Waals surface area contributed by atoms with Gasteiger partial charge in [-0.15, -0.1) is 0 Å². The minimum absolute atomic E-state index is 0.0160. The summed E-state index contributed by atoms with van der Waals surface area (Å²) in [6.45, 7) is 7.52. The van der Waals surface area contributed by atoms with E-state index < -0.39 is 12.2 Å². The lowest BCUT2D eigenvalue weighted by Crippen LogP contribution is -2.22. The number of aromatic nitrogens is 2. The third kappa shape index (κ3) is 4.97. The largest absolute Gasteiger partial charge is 0.390 e. The van der Waals surface area contributed by atoms with Crippen LogP contribution in [-0.4, -0.2) is 37.0 Å². The standard InChI is InChI=1S/C13H22N2O3S/c1-9(16)19-6-5-11(17)12(18)10-7-14-15(8-10)13(2,3)4/h7-8,11-12,17-18H,5-6H2,1-4H3. The molecule has 1 rings (SSSR count). The molecule has 0 amide bonds. The van der Waals surface area contributed by atoms with Crippen LogP contribution in [0.5, 0.6) is 0 Å². The van der Waals surface area contributed by atoms with Gasteiger partial charge in [-0.05, 0) is 27.2 Å². The monoisotopic (exact) mass is 286 g/mol. The Kier molecular flexibility index (Phi) is 5.58. The van der Waals surface area contributed by atoms with Crippen molar-refractivity contribution in [2.45, 2.75) is 51.9 Å². The van der Waals surface area contributed by atoms with Crippen LogP contribution in [0.15, 0.2) is 12.4 Å². The summed E-state index contributed by atoms with van der Waals surface area (Å²) in [5, 5.41) is 24.1. The minimum Gasteiger partial charge on any atom is -0.390 e. The van der Waals surface area contributed by atoms with Gasteiger partial charge in [0.05, 0.1) is 17.8 Å². The first-order chi connectivity index (χ1) is 8.71. The number of nitrogens with zero attached hydrogens (tertiary/aromatic N) is 2. The Morgan fingerprint density at radius 2 is 2.11 bits per heavy atom. The van der Waals surface area contributed by atoms with E-state index in [0.29, 0.717) is 17.7 Å². The summed E-state index contributed by atoms with van der Waals surface area (Å²) in [7, 11) is 0. The van der Waals surface area contributed by atoms with Gasteiger partial charge in [-0.3, -0.25) is 9.48 Å². The topological polar surface area (TPSA) is 75.3 Å². The first kappa shape index (κ1) is 16.2. The summed E-state index contributed by atoms with van der Waals surface area (Å²) in [4.78, 5) is 10.8. The van der Waals surface area contributed by atoms with Crippen LogP contribution in [0.3, 0.4) is 0 Å². The second-order valence-electron chi connectivity index (χ2n) is 5.53. The molecule has 0 aliphatic carbocycles. The molecule has 2 N–H and O–H groups in total. The molecule has 19 heavy (non-hydrogen) atoms. The Hall–Kier alpha value is -0.850. The molecule has 108 valence electrons. The Morgan fingerprint density at radius 1 is 1.47 bits per heavy atom. The maximum Gasteiger partial charge on any atom is 0.185 e. The van der Waals surface area contributed by atoms with Crippen LogP contribution in [0.1, 0.15) is 45.8 Å². The van der Waals surface area contributed by atoms with Gasteiger partial charge >= 0.3 is 0 Å². The Labute approximate surface area is 118 Å². The van der Waals surface area contributed by atoms with Gasteiger partial charge in [-0.25, -0.2) is 0 Å². The predicted molar refractivity (Wildman–Crippen MR) is 75.9 cm³/mol. The Morgan fingerprint density at radius 3 is 2.58 bits per heavy atom. The van der Waals surface area contributed by atoms with E-state index in [1.165, 1.54) is 6.92 Å². The molecule has 0 saturated carbocycles. The fourth-order valence-corrected chi connectivity index (χ4v) is 2.21. The highest BCUT2D eigenvalue weighted by atomic mass is 32.2.